The van der Waals surface area contributed by atoms with Crippen LogP contribution in [0.4, 0.5) is 0 Å². The Morgan fingerprint density at radius 3 is 0.846 bits per heavy atom. The number of hydrogen-bond donors (Lipinski definition) is 3. The monoisotopic (exact) mass is 928 g/mol. The van der Waals surface area contributed by atoms with E-state index in [4.69, 9.17) is 14.2 Å². The smallest absolute Gasteiger partial charge is 0.336 e. The van der Waals surface area contributed by atoms with Crippen LogP contribution < -0.4 is 0 Å². The third-order valence-electron chi connectivity index (χ3n) is 12.4. The van der Waals surface area contributed by atoms with Gasteiger partial charge in [-0.1, -0.05) is 194 Å². The molecule has 12 nitrogen and oxygen atoms in total. The maximum absolute atomic E-state index is 12.9. The third kappa shape index (κ3) is 42.0. The number of esters is 3. The molecule has 0 radical (unpaired) electrons. The van der Waals surface area contributed by atoms with E-state index in [1.165, 1.54) is 135 Å². The summed E-state index contributed by atoms with van der Waals surface area (Å²) in [5.41, 5.74) is 0. The second-order valence-corrected chi connectivity index (χ2v) is 19.2. The van der Waals surface area contributed by atoms with Gasteiger partial charge in [-0.2, -0.15) is 0 Å². The molecule has 0 heterocycles. The van der Waals surface area contributed by atoms with E-state index in [1.807, 2.05) is 19.0 Å². The highest BCUT2D eigenvalue weighted by Gasteiger charge is 2.26. The molecule has 0 saturated carbocycles. The SMILES string of the molecule is CCCCCCCCCCCCOC(=O)C(O)CN(CCCN(C)C)CCCN(CC(O)C(=O)OCCCCCCCCCCCC)CC(O)C(=O)OCCCCCCCCCCCC. The number of hydrogen-bond acceptors (Lipinski definition) is 12. The highest BCUT2D eigenvalue weighted by molar-refractivity contribution is 5.75. The van der Waals surface area contributed by atoms with Crippen molar-refractivity contribution in [3.8, 4) is 0 Å². The number of carbonyl (C=O) groups is 3. The molecule has 0 aliphatic carbocycles. The average Bonchev–Trinajstić information content (AvgIpc) is 3.28. The lowest BCUT2D eigenvalue weighted by Gasteiger charge is -2.29. The number of unbranched alkanes of at least 4 members (excludes halogenated alkanes) is 27. The van der Waals surface area contributed by atoms with Crippen LogP contribution in [0.1, 0.15) is 226 Å². The summed E-state index contributed by atoms with van der Waals surface area (Å²) in [7, 11) is 4.01. The molecule has 0 fully saturated rings. The maximum atomic E-state index is 12.9. The van der Waals surface area contributed by atoms with Crippen molar-refractivity contribution < 1.29 is 43.9 Å². The molecule has 0 aromatic rings. The number of aliphatic hydroxyl groups excluding tert-OH is 3. The van der Waals surface area contributed by atoms with Crippen molar-refractivity contribution >= 4 is 17.9 Å². The van der Waals surface area contributed by atoms with Gasteiger partial charge in [0, 0.05) is 19.6 Å². The van der Waals surface area contributed by atoms with Crippen LogP contribution in [-0.2, 0) is 28.6 Å². The van der Waals surface area contributed by atoms with E-state index in [-0.39, 0.29) is 32.8 Å². The van der Waals surface area contributed by atoms with Crippen LogP contribution >= 0.6 is 0 Å². The van der Waals surface area contributed by atoms with E-state index >= 15 is 0 Å². The lowest BCUT2D eigenvalue weighted by molar-refractivity contribution is -0.157. The van der Waals surface area contributed by atoms with E-state index in [1.54, 1.807) is 4.90 Å². The van der Waals surface area contributed by atoms with Crippen LogP contribution in [0, 0.1) is 0 Å². The topological polar surface area (TPSA) is 149 Å². The highest BCUT2D eigenvalue weighted by atomic mass is 16.6. The first-order valence-electron chi connectivity index (χ1n) is 27.2. The molecule has 0 aliphatic rings. The Kier molecular flexibility index (Phi) is 45.9. The fourth-order valence-corrected chi connectivity index (χ4v) is 8.21. The van der Waals surface area contributed by atoms with Crippen molar-refractivity contribution in [3.05, 3.63) is 0 Å². The molecule has 0 bridgehead atoms. The molecule has 0 amide bonds. The van der Waals surface area contributed by atoms with Gasteiger partial charge < -0.3 is 39.3 Å². The van der Waals surface area contributed by atoms with Gasteiger partial charge in [-0.3, -0.25) is 4.90 Å². The molecule has 3 unspecified atom stereocenters. The van der Waals surface area contributed by atoms with Crippen molar-refractivity contribution in [2.45, 2.75) is 245 Å². The Bertz CT molecular complexity index is 1020. The molecule has 0 aromatic carbocycles. The van der Waals surface area contributed by atoms with E-state index in [0.717, 1.165) is 70.8 Å². The third-order valence-corrected chi connectivity index (χ3v) is 12.4. The quantitative estimate of drug-likeness (QED) is 0.0303. The van der Waals surface area contributed by atoms with Gasteiger partial charge in [0.2, 0.25) is 0 Å². The Morgan fingerprint density at radius 2 is 0.569 bits per heavy atom. The van der Waals surface area contributed by atoms with Gasteiger partial charge in [0.15, 0.2) is 18.3 Å². The van der Waals surface area contributed by atoms with Gasteiger partial charge in [-0.15, -0.1) is 0 Å². The molecule has 0 spiro atoms. The van der Waals surface area contributed by atoms with Gasteiger partial charge in [0.1, 0.15) is 0 Å². The van der Waals surface area contributed by atoms with Crippen molar-refractivity contribution in [1.29, 1.82) is 0 Å². The summed E-state index contributed by atoms with van der Waals surface area (Å²) in [4.78, 5) is 44.4. The minimum absolute atomic E-state index is 0.117. The lowest BCUT2D eigenvalue weighted by Crippen LogP contribution is -2.45. The molecular formula is C53H105N3O9. The van der Waals surface area contributed by atoms with Gasteiger partial charge >= 0.3 is 17.9 Å². The number of ether oxygens (including phenoxy) is 3. The summed E-state index contributed by atoms with van der Waals surface area (Å²) >= 11 is 0. The second kappa shape index (κ2) is 47.2. The summed E-state index contributed by atoms with van der Waals surface area (Å²) < 4.78 is 16.3. The summed E-state index contributed by atoms with van der Waals surface area (Å²) in [5.74, 6) is -2.04. The predicted molar refractivity (Wildman–Crippen MR) is 267 cm³/mol. The lowest BCUT2D eigenvalue weighted by atomic mass is 10.1. The van der Waals surface area contributed by atoms with E-state index in [2.05, 4.69) is 25.7 Å². The number of aliphatic hydroxyl groups is 3. The summed E-state index contributed by atoms with van der Waals surface area (Å²) in [6, 6.07) is 0. The highest BCUT2D eigenvalue weighted by Crippen LogP contribution is 2.14. The van der Waals surface area contributed by atoms with E-state index < -0.39 is 36.2 Å². The van der Waals surface area contributed by atoms with Crippen molar-refractivity contribution in [2.75, 3.05) is 79.7 Å². The normalized spacial score (nSPS) is 13.2. The zero-order valence-corrected chi connectivity index (χ0v) is 43.1. The first-order chi connectivity index (χ1) is 31.5. The van der Waals surface area contributed by atoms with Crippen LogP contribution in [0.15, 0.2) is 0 Å². The first kappa shape index (κ1) is 63.2. The van der Waals surface area contributed by atoms with Gasteiger partial charge in [-0.25, -0.2) is 14.4 Å². The molecule has 386 valence electrons. The van der Waals surface area contributed by atoms with Crippen LogP contribution in [0.3, 0.4) is 0 Å². The number of rotatable bonds is 50. The molecule has 0 saturated heterocycles. The van der Waals surface area contributed by atoms with Gasteiger partial charge in [0.05, 0.1) is 19.8 Å². The standard InChI is InChI=1S/C53H105N3O9/c1-6-9-12-15-18-21-24-27-30-33-42-63-51(60)48(57)45-55(39-36-38-54(4)5)40-37-41-56(46-49(58)52(61)64-43-34-31-28-25-22-19-16-13-10-7-2)47-50(59)53(62)65-44-35-32-29-26-23-20-17-14-11-8-3/h48-50,57-59H,6-47H2,1-5H3. The molecule has 0 aliphatic heterocycles. The second-order valence-electron chi connectivity index (χ2n) is 19.2. The van der Waals surface area contributed by atoms with Crippen LogP contribution in [0.2, 0.25) is 0 Å². The Labute approximate surface area is 399 Å². The Morgan fingerprint density at radius 1 is 0.338 bits per heavy atom. The molecule has 3 N–H and O–H groups in total. The summed E-state index contributed by atoms with van der Waals surface area (Å²) in [5, 5.41) is 32.8. The molecule has 3 atom stereocenters. The Balaban J connectivity index is 5.16. The maximum Gasteiger partial charge on any atom is 0.336 e. The van der Waals surface area contributed by atoms with E-state index in [0.29, 0.717) is 32.7 Å². The van der Waals surface area contributed by atoms with Crippen LogP contribution in [0.25, 0.3) is 0 Å². The zero-order valence-electron chi connectivity index (χ0n) is 43.1. The van der Waals surface area contributed by atoms with E-state index in [9.17, 15) is 29.7 Å². The fraction of sp³-hybridized carbons (Fsp3) is 0.943. The number of nitrogens with zero attached hydrogens (tertiary/aromatic N) is 3. The number of carbonyl (C=O) groups excluding carboxylic acids is 3. The molecular weight excluding hydrogens is 823 g/mol. The Hall–Kier alpha value is -1.83. The minimum Gasteiger partial charge on any atom is -0.464 e. The molecule has 0 rings (SSSR count). The fourth-order valence-electron chi connectivity index (χ4n) is 8.21. The molecule has 65 heavy (non-hydrogen) atoms. The van der Waals surface area contributed by atoms with Gasteiger partial charge in [0.25, 0.3) is 0 Å². The molecule has 12 heteroatoms. The molecule has 0 aromatic heterocycles. The van der Waals surface area contributed by atoms with Crippen molar-refractivity contribution in [1.82, 2.24) is 14.7 Å². The summed E-state index contributed by atoms with van der Waals surface area (Å²) in [6.07, 6.45) is 32.4. The zero-order chi connectivity index (χ0) is 48.0. The average molecular weight is 928 g/mol. The largest absolute Gasteiger partial charge is 0.464 e. The first-order valence-corrected chi connectivity index (χ1v) is 27.2. The van der Waals surface area contributed by atoms with Crippen LogP contribution in [-0.4, -0.2) is 146 Å². The predicted octanol–water partition coefficient (Wildman–Crippen LogP) is 10.4. The van der Waals surface area contributed by atoms with Crippen molar-refractivity contribution in [2.24, 2.45) is 0 Å². The van der Waals surface area contributed by atoms with Crippen LogP contribution in [0.5, 0.6) is 0 Å². The summed E-state index contributed by atoms with van der Waals surface area (Å²) in [6.45, 7) is 9.68. The van der Waals surface area contributed by atoms with Crippen molar-refractivity contribution in [3.63, 3.8) is 0 Å². The van der Waals surface area contributed by atoms with Gasteiger partial charge in [-0.05, 0) is 72.4 Å². The minimum atomic E-state index is -1.45.